The second kappa shape index (κ2) is 8.55. The molecule has 164 valence electrons. The van der Waals surface area contributed by atoms with E-state index in [9.17, 15) is 9.59 Å². The Bertz CT molecular complexity index is 1310. The summed E-state index contributed by atoms with van der Waals surface area (Å²) in [5.41, 5.74) is 8.95. The molecule has 0 aliphatic carbocycles. The SMILES string of the molecule is Cc1cc(-c2cc(C(=O)NC(C(N)=O)c3ccccc3)c3cnn(C(C)C)c3n2)c(C)s1. The number of nitrogens with two attached hydrogens (primary N) is 1. The van der Waals surface area contributed by atoms with Crippen molar-refractivity contribution in [2.75, 3.05) is 0 Å². The summed E-state index contributed by atoms with van der Waals surface area (Å²) in [6, 6.07) is 11.9. The van der Waals surface area contributed by atoms with Crippen LogP contribution < -0.4 is 11.1 Å². The van der Waals surface area contributed by atoms with Crippen LogP contribution in [0.5, 0.6) is 0 Å². The predicted octanol–water partition coefficient (Wildman–Crippen LogP) is 4.31. The zero-order valence-corrected chi connectivity index (χ0v) is 19.2. The largest absolute Gasteiger partial charge is 0.368 e. The summed E-state index contributed by atoms with van der Waals surface area (Å²) >= 11 is 1.68. The lowest BCUT2D eigenvalue weighted by Gasteiger charge is -2.17. The average molecular weight is 448 g/mol. The maximum atomic E-state index is 13.4. The molecule has 0 bridgehead atoms. The van der Waals surface area contributed by atoms with E-state index in [4.69, 9.17) is 10.7 Å². The highest BCUT2D eigenvalue weighted by atomic mass is 32.1. The highest BCUT2D eigenvalue weighted by Crippen LogP contribution is 2.32. The van der Waals surface area contributed by atoms with Crippen LogP contribution in [0.2, 0.25) is 0 Å². The number of hydrogen-bond acceptors (Lipinski definition) is 5. The lowest BCUT2D eigenvalue weighted by atomic mass is 10.0. The number of carbonyl (C=O) groups is 2. The number of aryl methyl sites for hydroxylation is 2. The van der Waals surface area contributed by atoms with Crippen molar-refractivity contribution in [3.63, 3.8) is 0 Å². The number of hydrogen-bond donors (Lipinski definition) is 2. The molecule has 0 saturated carbocycles. The van der Waals surface area contributed by atoms with Gasteiger partial charge in [-0.3, -0.25) is 9.59 Å². The Morgan fingerprint density at radius 2 is 1.84 bits per heavy atom. The fourth-order valence-electron chi connectivity index (χ4n) is 3.78. The van der Waals surface area contributed by atoms with Crippen LogP contribution in [0.4, 0.5) is 0 Å². The molecule has 0 fully saturated rings. The summed E-state index contributed by atoms with van der Waals surface area (Å²) in [5.74, 6) is -1.03. The number of fused-ring (bicyclic) bond motifs is 1. The number of thiophene rings is 1. The summed E-state index contributed by atoms with van der Waals surface area (Å²) in [6.07, 6.45) is 1.65. The molecule has 8 heteroatoms. The Hall–Kier alpha value is -3.52. The van der Waals surface area contributed by atoms with Gasteiger partial charge in [-0.05, 0) is 45.4 Å². The van der Waals surface area contributed by atoms with E-state index in [0.29, 0.717) is 27.9 Å². The third kappa shape index (κ3) is 4.01. The van der Waals surface area contributed by atoms with Crippen LogP contribution in [0.3, 0.4) is 0 Å². The Morgan fingerprint density at radius 3 is 2.44 bits per heavy atom. The van der Waals surface area contributed by atoms with Crippen molar-refractivity contribution in [1.82, 2.24) is 20.1 Å². The van der Waals surface area contributed by atoms with E-state index in [0.717, 1.165) is 10.4 Å². The average Bonchev–Trinajstić information content (AvgIpc) is 3.34. The molecule has 7 nitrogen and oxygen atoms in total. The van der Waals surface area contributed by atoms with Crippen molar-refractivity contribution in [2.45, 2.75) is 39.8 Å². The van der Waals surface area contributed by atoms with E-state index in [1.807, 2.05) is 33.8 Å². The maximum absolute atomic E-state index is 13.4. The van der Waals surface area contributed by atoms with Crippen molar-refractivity contribution in [3.8, 4) is 11.3 Å². The van der Waals surface area contributed by atoms with Crippen LogP contribution in [0.1, 0.15) is 51.6 Å². The number of carbonyl (C=O) groups excluding carboxylic acids is 2. The zero-order valence-electron chi connectivity index (χ0n) is 18.4. The lowest BCUT2D eigenvalue weighted by molar-refractivity contribution is -0.120. The van der Waals surface area contributed by atoms with Gasteiger partial charge < -0.3 is 11.1 Å². The first-order valence-corrected chi connectivity index (χ1v) is 11.2. The summed E-state index contributed by atoms with van der Waals surface area (Å²) < 4.78 is 1.80. The Kier molecular flexibility index (Phi) is 5.80. The van der Waals surface area contributed by atoms with Crippen molar-refractivity contribution < 1.29 is 9.59 Å². The van der Waals surface area contributed by atoms with E-state index < -0.39 is 17.9 Å². The fraction of sp³-hybridized carbons (Fsp3) is 0.250. The molecule has 1 aromatic carbocycles. The molecule has 4 aromatic rings. The first-order chi connectivity index (χ1) is 15.3. The monoisotopic (exact) mass is 447 g/mol. The van der Waals surface area contributed by atoms with Crippen LogP contribution in [-0.2, 0) is 4.79 Å². The number of amides is 2. The van der Waals surface area contributed by atoms with Crippen molar-refractivity contribution in [3.05, 3.63) is 69.5 Å². The van der Waals surface area contributed by atoms with Crippen molar-refractivity contribution in [1.29, 1.82) is 0 Å². The second-order valence-corrected chi connectivity index (χ2v) is 9.48. The van der Waals surface area contributed by atoms with E-state index in [2.05, 4.69) is 16.5 Å². The molecule has 0 aliphatic rings. The molecule has 0 saturated heterocycles. The van der Waals surface area contributed by atoms with Gasteiger partial charge in [-0.1, -0.05) is 30.3 Å². The second-order valence-electron chi connectivity index (χ2n) is 8.02. The van der Waals surface area contributed by atoms with Gasteiger partial charge in [-0.15, -0.1) is 11.3 Å². The number of aromatic nitrogens is 3. The van der Waals surface area contributed by atoms with Gasteiger partial charge in [-0.25, -0.2) is 9.67 Å². The smallest absolute Gasteiger partial charge is 0.253 e. The fourth-order valence-corrected chi connectivity index (χ4v) is 4.71. The summed E-state index contributed by atoms with van der Waals surface area (Å²) in [5, 5.41) is 7.89. The van der Waals surface area contributed by atoms with Crippen LogP contribution in [0, 0.1) is 13.8 Å². The molecule has 3 N–H and O–H groups in total. The molecule has 3 aromatic heterocycles. The topological polar surface area (TPSA) is 103 Å². The molecule has 0 spiro atoms. The van der Waals surface area contributed by atoms with Gasteiger partial charge in [0.15, 0.2) is 5.65 Å². The first-order valence-electron chi connectivity index (χ1n) is 10.4. The predicted molar refractivity (Wildman–Crippen MR) is 127 cm³/mol. The standard InChI is InChI=1S/C24H25N5O2S/c1-13(2)29-23-19(12-26-29)18(11-20(27-23)17-10-14(3)32-15(17)4)24(31)28-21(22(25)30)16-8-6-5-7-9-16/h5-13,21H,1-4H3,(H2,25,30)(H,28,31). The lowest BCUT2D eigenvalue weighted by Crippen LogP contribution is -2.37. The van der Waals surface area contributed by atoms with Crippen LogP contribution in [-0.4, -0.2) is 26.6 Å². The molecule has 1 unspecified atom stereocenters. The Labute approximate surface area is 190 Å². The van der Waals surface area contributed by atoms with Crippen LogP contribution >= 0.6 is 11.3 Å². The van der Waals surface area contributed by atoms with Gasteiger partial charge >= 0.3 is 0 Å². The summed E-state index contributed by atoms with van der Waals surface area (Å²) in [7, 11) is 0. The minimum Gasteiger partial charge on any atom is -0.368 e. The molecule has 2 amide bonds. The molecule has 1 atom stereocenters. The molecule has 4 rings (SSSR count). The third-order valence-electron chi connectivity index (χ3n) is 5.31. The van der Waals surface area contributed by atoms with Gasteiger partial charge in [0.05, 0.1) is 22.8 Å². The first kappa shape index (κ1) is 21.7. The Morgan fingerprint density at radius 1 is 1.12 bits per heavy atom. The van der Waals surface area contributed by atoms with Crippen LogP contribution in [0.15, 0.2) is 48.7 Å². The minimum atomic E-state index is -0.944. The number of pyridine rings is 1. The van der Waals surface area contributed by atoms with E-state index in [-0.39, 0.29) is 6.04 Å². The molecule has 0 aliphatic heterocycles. The van der Waals surface area contributed by atoms with Crippen molar-refractivity contribution >= 4 is 34.2 Å². The van der Waals surface area contributed by atoms with Crippen LogP contribution in [0.25, 0.3) is 22.3 Å². The van der Waals surface area contributed by atoms with Gasteiger partial charge in [0.1, 0.15) is 6.04 Å². The normalized spacial score (nSPS) is 12.3. The van der Waals surface area contributed by atoms with Gasteiger partial charge in [0.2, 0.25) is 5.91 Å². The molecule has 0 radical (unpaired) electrons. The highest BCUT2D eigenvalue weighted by Gasteiger charge is 2.24. The van der Waals surface area contributed by atoms with E-state index in [1.165, 1.54) is 4.88 Å². The quantitative estimate of drug-likeness (QED) is 0.459. The van der Waals surface area contributed by atoms with E-state index >= 15 is 0 Å². The maximum Gasteiger partial charge on any atom is 0.253 e. The van der Waals surface area contributed by atoms with Gasteiger partial charge in [0, 0.05) is 21.4 Å². The van der Waals surface area contributed by atoms with Gasteiger partial charge in [0.25, 0.3) is 5.91 Å². The summed E-state index contributed by atoms with van der Waals surface area (Å²) in [6.45, 7) is 8.11. The number of nitrogens with one attached hydrogen (secondary N) is 1. The minimum absolute atomic E-state index is 0.0687. The molecule has 3 heterocycles. The number of rotatable bonds is 6. The van der Waals surface area contributed by atoms with E-state index in [1.54, 1.807) is 52.5 Å². The third-order valence-corrected chi connectivity index (χ3v) is 6.28. The highest BCUT2D eigenvalue weighted by molar-refractivity contribution is 7.12. The number of benzene rings is 1. The van der Waals surface area contributed by atoms with Crippen molar-refractivity contribution in [2.24, 2.45) is 5.73 Å². The summed E-state index contributed by atoms with van der Waals surface area (Å²) in [4.78, 5) is 32.7. The molecule has 32 heavy (non-hydrogen) atoms. The molecular weight excluding hydrogens is 422 g/mol. The zero-order chi connectivity index (χ0) is 23.0. The molecular formula is C24H25N5O2S. The van der Waals surface area contributed by atoms with Gasteiger partial charge in [-0.2, -0.15) is 5.10 Å². The number of nitrogens with zero attached hydrogens (tertiary/aromatic N) is 3. The number of primary amides is 1. The Balaban J connectivity index is 1.84.